The van der Waals surface area contributed by atoms with Crippen molar-refractivity contribution >= 4 is 36.6 Å². The zero-order valence-corrected chi connectivity index (χ0v) is 24.0. The number of rotatable bonds is 9. The topological polar surface area (TPSA) is 102 Å². The van der Waals surface area contributed by atoms with E-state index in [2.05, 4.69) is 50.8 Å². The highest BCUT2D eigenvalue weighted by atomic mass is 35.5. The van der Waals surface area contributed by atoms with Crippen LogP contribution in [0, 0.1) is 10.1 Å². The molecule has 3 aromatic rings. The highest BCUT2D eigenvalue weighted by Crippen LogP contribution is 2.42. The average molecular weight is 547 g/mol. The Morgan fingerprint density at radius 2 is 1.92 bits per heavy atom. The molecule has 1 fully saturated rings. The highest BCUT2D eigenvalue weighted by Gasteiger charge is 2.44. The van der Waals surface area contributed by atoms with Crippen molar-refractivity contribution in [3.05, 3.63) is 63.2 Å². The number of fused-ring (bicyclic) bond motifs is 1. The van der Waals surface area contributed by atoms with Crippen molar-refractivity contribution in [1.82, 2.24) is 14.5 Å². The molecule has 11 heteroatoms. The quantitative estimate of drug-likeness (QED) is 0.126. The van der Waals surface area contributed by atoms with Crippen LogP contribution in [-0.4, -0.2) is 40.0 Å². The monoisotopic (exact) mass is 546 g/mol. The van der Waals surface area contributed by atoms with Gasteiger partial charge in [-0.3, -0.25) is 10.1 Å². The lowest BCUT2D eigenvalue weighted by Gasteiger charge is -2.39. The summed E-state index contributed by atoms with van der Waals surface area (Å²) in [4.78, 5) is 19.6. The van der Waals surface area contributed by atoms with E-state index < -0.39 is 13.2 Å². The molecule has 0 bridgehead atoms. The van der Waals surface area contributed by atoms with Crippen molar-refractivity contribution in [3.63, 3.8) is 0 Å². The Labute approximate surface area is 223 Å². The van der Waals surface area contributed by atoms with Crippen molar-refractivity contribution < 1.29 is 18.8 Å². The van der Waals surface area contributed by atoms with E-state index >= 15 is 0 Å². The maximum atomic E-state index is 11.3. The largest absolute Gasteiger partial charge is 0.411 e. The summed E-state index contributed by atoms with van der Waals surface area (Å²) in [5, 5.41) is 12.5. The van der Waals surface area contributed by atoms with Gasteiger partial charge in [0, 0.05) is 24.2 Å². The molecule has 1 aliphatic heterocycles. The van der Waals surface area contributed by atoms with Gasteiger partial charge in [0.15, 0.2) is 8.32 Å². The van der Waals surface area contributed by atoms with Gasteiger partial charge in [-0.2, -0.15) is 0 Å². The van der Waals surface area contributed by atoms with Gasteiger partial charge < -0.3 is 18.5 Å². The Morgan fingerprint density at radius 1 is 1.22 bits per heavy atom. The summed E-state index contributed by atoms with van der Waals surface area (Å²) in [5.74, 6) is 0. The molecule has 1 aromatic carbocycles. The summed E-state index contributed by atoms with van der Waals surface area (Å²) in [6, 6.07) is 6.56. The van der Waals surface area contributed by atoms with Crippen LogP contribution in [0.1, 0.15) is 57.9 Å². The minimum atomic E-state index is -1.98. The van der Waals surface area contributed by atoms with Crippen molar-refractivity contribution in [2.45, 2.75) is 90.3 Å². The third-order valence-electron chi connectivity index (χ3n) is 7.49. The normalized spacial score (nSPS) is 20.6. The molecular formula is C26H35ClN4O5Si. The van der Waals surface area contributed by atoms with Crippen molar-refractivity contribution in [2.75, 3.05) is 0 Å². The van der Waals surface area contributed by atoms with Crippen LogP contribution in [0.5, 0.6) is 0 Å². The molecule has 0 amide bonds. The maximum absolute atomic E-state index is 11.3. The van der Waals surface area contributed by atoms with E-state index in [4.69, 9.17) is 25.5 Å². The van der Waals surface area contributed by atoms with Gasteiger partial charge in [0.1, 0.15) is 23.4 Å². The number of hydrogen-bond donors (Lipinski definition) is 0. The van der Waals surface area contributed by atoms with Crippen molar-refractivity contribution in [3.8, 4) is 0 Å². The van der Waals surface area contributed by atoms with E-state index in [0.717, 1.165) is 12.0 Å². The zero-order valence-electron chi connectivity index (χ0n) is 22.2. The fourth-order valence-electron chi connectivity index (χ4n) is 4.44. The second kappa shape index (κ2) is 10.8. The molecule has 0 saturated carbocycles. The van der Waals surface area contributed by atoms with Crippen LogP contribution >= 0.6 is 11.6 Å². The van der Waals surface area contributed by atoms with E-state index in [1.165, 1.54) is 12.4 Å². The fourth-order valence-corrected chi connectivity index (χ4v) is 6.05. The van der Waals surface area contributed by atoms with Gasteiger partial charge in [0.2, 0.25) is 0 Å². The highest BCUT2D eigenvalue weighted by molar-refractivity contribution is 6.74. The molecule has 1 saturated heterocycles. The van der Waals surface area contributed by atoms with E-state index in [9.17, 15) is 10.1 Å². The number of nitro benzene ring substituents is 1. The van der Waals surface area contributed by atoms with Gasteiger partial charge >= 0.3 is 0 Å². The first-order valence-corrected chi connectivity index (χ1v) is 15.8. The van der Waals surface area contributed by atoms with Gasteiger partial charge in [-0.1, -0.05) is 51.4 Å². The molecule has 4 rings (SSSR count). The Kier molecular flexibility index (Phi) is 8.06. The molecule has 3 atom stereocenters. The Hall–Kier alpha value is -2.37. The molecule has 2 aromatic heterocycles. The van der Waals surface area contributed by atoms with Gasteiger partial charge in [-0.15, -0.1) is 0 Å². The standard InChI is InChI=1S/C26H35ClN4O5Si/c1-7-20-21(36-37(5,6)26(2,3)4)12-22(35-20)30-13-18(23-24(27)28-16-29-25(23)30)15-34-14-17-10-8-9-11-19(17)31(32)33/h8-11,13,16,20-22H,7,12,14-15H2,1-6H3/t20-,21?,22-/m1/s1. The van der Waals surface area contributed by atoms with E-state index in [1.54, 1.807) is 18.2 Å². The first-order valence-electron chi connectivity index (χ1n) is 12.6. The Balaban J connectivity index is 1.57. The van der Waals surface area contributed by atoms with Crippen LogP contribution < -0.4 is 0 Å². The zero-order chi connectivity index (χ0) is 27.0. The summed E-state index contributed by atoms with van der Waals surface area (Å²) in [6.45, 7) is 13.6. The molecule has 1 unspecified atom stereocenters. The SMILES string of the molecule is CC[C@H]1O[C@@H](n2cc(COCc3ccccc3[N+](=O)[O-])c3c(Cl)ncnc32)CC1O[Si](C)(C)C(C)(C)C. The van der Waals surface area contributed by atoms with Crippen LogP contribution in [0.15, 0.2) is 36.8 Å². The van der Waals surface area contributed by atoms with Gasteiger partial charge in [0.25, 0.3) is 5.69 Å². The van der Waals surface area contributed by atoms with Crippen LogP contribution in [0.3, 0.4) is 0 Å². The number of nitro groups is 1. The molecule has 9 nitrogen and oxygen atoms in total. The van der Waals surface area contributed by atoms with Crippen LogP contribution in [0.4, 0.5) is 5.69 Å². The molecule has 0 radical (unpaired) electrons. The molecule has 200 valence electrons. The van der Waals surface area contributed by atoms with E-state index in [1.807, 2.05) is 10.8 Å². The number of ether oxygens (including phenoxy) is 2. The van der Waals surface area contributed by atoms with E-state index in [0.29, 0.717) is 28.2 Å². The van der Waals surface area contributed by atoms with Crippen molar-refractivity contribution in [1.29, 1.82) is 0 Å². The lowest BCUT2D eigenvalue weighted by atomic mass is 10.1. The number of benzene rings is 1. The summed E-state index contributed by atoms with van der Waals surface area (Å²) in [7, 11) is -1.98. The smallest absolute Gasteiger partial charge is 0.274 e. The lowest BCUT2D eigenvalue weighted by Crippen LogP contribution is -2.45. The fraction of sp³-hybridized carbons (Fsp3) is 0.538. The summed E-state index contributed by atoms with van der Waals surface area (Å²) < 4.78 is 21.2. The van der Waals surface area contributed by atoms with Crippen molar-refractivity contribution in [2.24, 2.45) is 0 Å². The maximum Gasteiger partial charge on any atom is 0.274 e. The Bertz CT molecular complexity index is 1280. The third kappa shape index (κ3) is 5.73. The molecule has 0 aliphatic carbocycles. The Morgan fingerprint density at radius 3 is 2.59 bits per heavy atom. The predicted octanol–water partition coefficient (Wildman–Crippen LogP) is 6.80. The van der Waals surface area contributed by atoms with E-state index in [-0.39, 0.29) is 42.4 Å². The summed E-state index contributed by atoms with van der Waals surface area (Å²) in [6.07, 6.45) is 4.63. The molecule has 0 spiro atoms. The number of nitrogens with zero attached hydrogens (tertiary/aromatic N) is 4. The second-order valence-electron chi connectivity index (χ2n) is 11.0. The molecule has 0 N–H and O–H groups in total. The van der Waals surface area contributed by atoms with Crippen LogP contribution in [0.25, 0.3) is 11.0 Å². The number of halogens is 1. The third-order valence-corrected chi connectivity index (χ3v) is 12.3. The number of hydrogen-bond acceptors (Lipinski definition) is 7. The predicted molar refractivity (Wildman–Crippen MR) is 145 cm³/mol. The molecule has 1 aliphatic rings. The average Bonchev–Trinajstić information content (AvgIpc) is 3.40. The summed E-state index contributed by atoms with van der Waals surface area (Å²) in [5.41, 5.74) is 2.00. The van der Waals surface area contributed by atoms with Gasteiger partial charge in [-0.25, -0.2) is 9.97 Å². The molecular weight excluding hydrogens is 512 g/mol. The minimum absolute atomic E-state index is 0.0102. The van der Waals surface area contributed by atoms with Crippen LogP contribution in [-0.2, 0) is 27.1 Å². The van der Waals surface area contributed by atoms with Crippen LogP contribution in [0.2, 0.25) is 23.3 Å². The minimum Gasteiger partial charge on any atom is -0.411 e. The molecule has 37 heavy (non-hydrogen) atoms. The molecule has 3 heterocycles. The number of para-hydroxylation sites is 1. The van der Waals surface area contributed by atoms with Gasteiger partial charge in [0.05, 0.1) is 41.3 Å². The second-order valence-corrected chi connectivity index (χ2v) is 16.1. The van der Waals surface area contributed by atoms with Gasteiger partial charge in [-0.05, 0) is 30.6 Å². The summed E-state index contributed by atoms with van der Waals surface area (Å²) >= 11 is 6.50. The number of aromatic nitrogens is 3. The first-order chi connectivity index (χ1) is 17.4. The first kappa shape index (κ1) is 27.7. The lowest BCUT2D eigenvalue weighted by molar-refractivity contribution is -0.386.